The summed E-state index contributed by atoms with van der Waals surface area (Å²) in [7, 11) is 0. The third kappa shape index (κ3) is 3.27. The summed E-state index contributed by atoms with van der Waals surface area (Å²) < 4.78 is 13.0. The minimum atomic E-state index is -0.247. The zero-order chi connectivity index (χ0) is 12.3. The molecular weight excluding hydrogens is 217 g/mol. The van der Waals surface area contributed by atoms with Crippen LogP contribution in [0.2, 0.25) is 0 Å². The summed E-state index contributed by atoms with van der Waals surface area (Å²) in [5.74, 6) is 0.322. The van der Waals surface area contributed by atoms with Crippen LogP contribution in [0.1, 0.15) is 37.7 Å². The molecule has 0 aliphatic heterocycles. The van der Waals surface area contributed by atoms with Gasteiger partial charge in [-0.1, -0.05) is 19.1 Å². The Morgan fingerprint density at radius 1 is 1.47 bits per heavy atom. The van der Waals surface area contributed by atoms with Gasteiger partial charge >= 0.3 is 0 Å². The number of aliphatic hydroxyl groups is 1. The molecule has 1 atom stereocenters. The topological polar surface area (TPSA) is 32.3 Å². The lowest BCUT2D eigenvalue weighted by atomic mass is 9.76. The van der Waals surface area contributed by atoms with Gasteiger partial charge in [0, 0.05) is 12.6 Å². The number of hydrogen-bond donors (Lipinski definition) is 2. The Morgan fingerprint density at radius 3 is 2.88 bits per heavy atom. The lowest BCUT2D eigenvalue weighted by molar-refractivity contribution is 0.151. The number of hydrogen-bond acceptors (Lipinski definition) is 2. The molecule has 17 heavy (non-hydrogen) atoms. The lowest BCUT2D eigenvalue weighted by Crippen LogP contribution is -2.43. The first kappa shape index (κ1) is 12.5. The molecule has 1 fully saturated rings. The van der Waals surface area contributed by atoms with Crippen molar-refractivity contribution in [2.24, 2.45) is 0 Å². The fraction of sp³-hybridized carbons (Fsp3) is 0.571. The van der Waals surface area contributed by atoms with Crippen molar-refractivity contribution in [2.45, 2.75) is 44.2 Å². The molecule has 1 aliphatic rings. The van der Waals surface area contributed by atoms with Gasteiger partial charge in [-0.3, -0.25) is 0 Å². The summed E-state index contributed by atoms with van der Waals surface area (Å²) in [6.07, 6.45) is 2.62. The van der Waals surface area contributed by atoms with E-state index in [4.69, 9.17) is 0 Å². The molecule has 0 heterocycles. The molecule has 0 saturated heterocycles. The molecule has 1 aromatic rings. The predicted molar refractivity (Wildman–Crippen MR) is 66.5 cm³/mol. The maximum atomic E-state index is 13.0. The Bertz CT molecular complexity index is 363. The summed E-state index contributed by atoms with van der Waals surface area (Å²) in [5.41, 5.74) is 1.10. The van der Waals surface area contributed by atoms with Gasteiger partial charge in [0.25, 0.3) is 0 Å². The number of rotatable bonds is 5. The van der Waals surface area contributed by atoms with E-state index in [2.05, 4.69) is 5.32 Å². The molecular formula is C14H20FNO. The molecule has 1 aromatic carbocycles. The van der Waals surface area contributed by atoms with Crippen LogP contribution in [0.3, 0.4) is 0 Å². The maximum absolute atomic E-state index is 13.0. The van der Waals surface area contributed by atoms with Crippen LogP contribution in [0, 0.1) is 5.82 Å². The Kier molecular flexibility index (Phi) is 4.13. The highest BCUT2D eigenvalue weighted by Gasteiger charge is 2.30. The van der Waals surface area contributed by atoms with Gasteiger partial charge in [-0.25, -0.2) is 4.39 Å². The zero-order valence-electron chi connectivity index (χ0n) is 10.2. The molecule has 0 radical (unpaired) electrons. The summed E-state index contributed by atoms with van der Waals surface area (Å²) in [6, 6.07) is 7.35. The molecule has 94 valence electrons. The van der Waals surface area contributed by atoms with Crippen LogP contribution in [0.25, 0.3) is 0 Å². The van der Waals surface area contributed by atoms with E-state index >= 15 is 0 Å². The first-order chi connectivity index (χ1) is 8.19. The SMILES string of the molecule is CCC(O)CNC1CC(c2cccc(F)c2)C1. The molecule has 2 nitrogen and oxygen atoms in total. The summed E-state index contributed by atoms with van der Waals surface area (Å²) in [5, 5.41) is 12.8. The molecule has 1 unspecified atom stereocenters. The first-order valence-electron chi connectivity index (χ1n) is 6.36. The van der Waals surface area contributed by atoms with E-state index in [1.807, 2.05) is 13.0 Å². The van der Waals surface area contributed by atoms with E-state index in [9.17, 15) is 9.50 Å². The van der Waals surface area contributed by atoms with E-state index in [0.717, 1.165) is 24.8 Å². The van der Waals surface area contributed by atoms with Crippen molar-refractivity contribution < 1.29 is 9.50 Å². The number of benzene rings is 1. The zero-order valence-corrected chi connectivity index (χ0v) is 10.2. The fourth-order valence-corrected chi connectivity index (χ4v) is 2.26. The first-order valence-corrected chi connectivity index (χ1v) is 6.36. The van der Waals surface area contributed by atoms with Crippen molar-refractivity contribution in [3.63, 3.8) is 0 Å². The molecule has 1 saturated carbocycles. The van der Waals surface area contributed by atoms with Crippen LogP contribution in [-0.2, 0) is 0 Å². The van der Waals surface area contributed by atoms with Crippen LogP contribution < -0.4 is 5.32 Å². The van der Waals surface area contributed by atoms with Gasteiger partial charge in [0.2, 0.25) is 0 Å². The molecule has 2 N–H and O–H groups in total. The van der Waals surface area contributed by atoms with Crippen LogP contribution in [0.5, 0.6) is 0 Å². The molecule has 0 amide bonds. The van der Waals surface area contributed by atoms with Crippen LogP contribution in [-0.4, -0.2) is 23.8 Å². The molecule has 0 spiro atoms. The minimum Gasteiger partial charge on any atom is -0.392 e. The van der Waals surface area contributed by atoms with Gasteiger partial charge in [-0.15, -0.1) is 0 Å². The number of aliphatic hydroxyl groups excluding tert-OH is 1. The molecule has 1 aliphatic carbocycles. The summed E-state index contributed by atoms with van der Waals surface area (Å²) >= 11 is 0. The third-order valence-electron chi connectivity index (χ3n) is 3.57. The highest BCUT2D eigenvalue weighted by Crippen LogP contribution is 2.36. The second-order valence-corrected chi connectivity index (χ2v) is 4.89. The fourth-order valence-electron chi connectivity index (χ4n) is 2.26. The maximum Gasteiger partial charge on any atom is 0.123 e. The van der Waals surface area contributed by atoms with E-state index in [1.54, 1.807) is 12.1 Å². The Morgan fingerprint density at radius 2 is 2.24 bits per heavy atom. The van der Waals surface area contributed by atoms with Gasteiger partial charge in [0.15, 0.2) is 0 Å². The van der Waals surface area contributed by atoms with Crippen molar-refractivity contribution in [1.29, 1.82) is 0 Å². The minimum absolute atomic E-state index is 0.152. The normalized spacial score (nSPS) is 25.4. The van der Waals surface area contributed by atoms with E-state index < -0.39 is 0 Å². The average Bonchev–Trinajstić information content (AvgIpc) is 2.26. The average molecular weight is 237 g/mol. The quantitative estimate of drug-likeness (QED) is 0.824. The van der Waals surface area contributed by atoms with Crippen LogP contribution in [0.15, 0.2) is 24.3 Å². The van der Waals surface area contributed by atoms with E-state index in [1.165, 1.54) is 6.07 Å². The standard InChI is InChI=1S/C14H20FNO/c1-2-14(17)9-16-13-7-11(8-13)10-4-3-5-12(15)6-10/h3-6,11,13-14,16-17H,2,7-9H2,1H3. The predicted octanol–water partition coefficient (Wildman–Crippen LogP) is 2.43. The van der Waals surface area contributed by atoms with E-state index in [0.29, 0.717) is 18.5 Å². The Balaban J connectivity index is 1.75. The number of halogens is 1. The summed E-state index contributed by atoms with van der Waals surface area (Å²) in [6.45, 7) is 2.64. The van der Waals surface area contributed by atoms with Crippen molar-refractivity contribution >= 4 is 0 Å². The number of nitrogens with one attached hydrogen (secondary N) is 1. The highest BCUT2D eigenvalue weighted by atomic mass is 19.1. The molecule has 3 heteroatoms. The lowest BCUT2D eigenvalue weighted by Gasteiger charge is -2.36. The van der Waals surface area contributed by atoms with E-state index in [-0.39, 0.29) is 11.9 Å². The van der Waals surface area contributed by atoms with Crippen LogP contribution >= 0.6 is 0 Å². The van der Waals surface area contributed by atoms with Crippen molar-refractivity contribution in [2.75, 3.05) is 6.54 Å². The Labute approximate surface area is 102 Å². The molecule has 0 bridgehead atoms. The third-order valence-corrected chi connectivity index (χ3v) is 3.57. The van der Waals surface area contributed by atoms with Crippen molar-refractivity contribution in [3.8, 4) is 0 Å². The Hall–Kier alpha value is -0.930. The molecule has 0 aromatic heterocycles. The van der Waals surface area contributed by atoms with Crippen molar-refractivity contribution in [1.82, 2.24) is 5.32 Å². The largest absolute Gasteiger partial charge is 0.392 e. The van der Waals surface area contributed by atoms with Gasteiger partial charge in [-0.2, -0.15) is 0 Å². The van der Waals surface area contributed by atoms with Gasteiger partial charge < -0.3 is 10.4 Å². The van der Waals surface area contributed by atoms with Crippen molar-refractivity contribution in [3.05, 3.63) is 35.6 Å². The smallest absolute Gasteiger partial charge is 0.123 e. The second kappa shape index (κ2) is 5.61. The highest BCUT2D eigenvalue weighted by molar-refractivity contribution is 5.23. The monoisotopic (exact) mass is 237 g/mol. The second-order valence-electron chi connectivity index (χ2n) is 4.89. The van der Waals surface area contributed by atoms with Gasteiger partial charge in [0.05, 0.1) is 6.10 Å². The van der Waals surface area contributed by atoms with Gasteiger partial charge in [0.1, 0.15) is 5.82 Å². The molecule has 2 rings (SSSR count). The van der Waals surface area contributed by atoms with Gasteiger partial charge in [-0.05, 0) is 42.9 Å². The van der Waals surface area contributed by atoms with Crippen LogP contribution in [0.4, 0.5) is 4.39 Å². The summed E-state index contributed by atoms with van der Waals surface area (Å²) in [4.78, 5) is 0.